The third kappa shape index (κ3) is 5.41. The van der Waals surface area contributed by atoms with Gasteiger partial charge in [-0.25, -0.2) is 23.7 Å². The van der Waals surface area contributed by atoms with Gasteiger partial charge in [-0.3, -0.25) is 14.6 Å². The Morgan fingerprint density at radius 3 is 2.74 bits per heavy atom. The highest BCUT2D eigenvalue weighted by Crippen LogP contribution is 2.32. The zero-order chi connectivity index (χ0) is 24.2. The lowest BCUT2D eigenvalue weighted by Crippen LogP contribution is -2.36. The molecule has 0 aromatic carbocycles. The van der Waals surface area contributed by atoms with Gasteiger partial charge in [0.1, 0.15) is 10.7 Å². The molecule has 1 aliphatic rings. The fourth-order valence-corrected chi connectivity index (χ4v) is 4.90. The van der Waals surface area contributed by atoms with Crippen molar-refractivity contribution < 1.29 is 13.6 Å². The first-order chi connectivity index (χ1) is 17.1. The quantitative estimate of drug-likeness (QED) is 0.337. The number of H-pyrrole nitrogens is 1. The average Bonchev–Trinajstić information content (AvgIpc) is 3.64. The van der Waals surface area contributed by atoms with Crippen LogP contribution in [0.5, 0.6) is 0 Å². The maximum Gasteiger partial charge on any atom is 0.275 e. The molecule has 0 spiro atoms. The van der Waals surface area contributed by atoms with Crippen LogP contribution < -0.4 is 10.6 Å². The fourth-order valence-electron chi connectivity index (χ4n) is 4.12. The van der Waals surface area contributed by atoms with E-state index in [2.05, 4.69) is 35.8 Å². The molecule has 0 unspecified atom stereocenters. The van der Waals surface area contributed by atoms with Gasteiger partial charge in [0, 0.05) is 41.8 Å². The summed E-state index contributed by atoms with van der Waals surface area (Å²) in [7, 11) is 0. The standard InChI is InChI=1S/C22H23F2N9OS/c23-18(24)10-27-14-2-4-15(5-3-14)33-11-16(19(32-33)20-25-6-1-7-26-20)30-21(34)17-12-35-22(31-17)13-8-28-29-9-13/h1,6-9,11-12,14-15,18,27H,2-5,10H2,(H,28,29)(H,30,34). The number of aromatic nitrogens is 7. The molecule has 4 aromatic rings. The number of nitrogens with zero attached hydrogens (tertiary/aromatic N) is 6. The summed E-state index contributed by atoms with van der Waals surface area (Å²) in [5, 5.41) is 19.6. The van der Waals surface area contributed by atoms with Crippen molar-refractivity contribution in [2.75, 3.05) is 11.9 Å². The van der Waals surface area contributed by atoms with Gasteiger partial charge in [-0.05, 0) is 31.7 Å². The number of hydrogen-bond acceptors (Lipinski definition) is 8. The van der Waals surface area contributed by atoms with E-state index in [1.807, 2.05) is 4.68 Å². The highest BCUT2D eigenvalue weighted by atomic mass is 32.1. The molecule has 4 heterocycles. The molecule has 5 rings (SSSR count). The molecule has 0 radical (unpaired) electrons. The number of alkyl halides is 2. The molecule has 0 bridgehead atoms. The van der Waals surface area contributed by atoms with Gasteiger partial charge in [0.05, 0.1) is 24.5 Å². The van der Waals surface area contributed by atoms with Gasteiger partial charge in [0.25, 0.3) is 12.3 Å². The molecule has 10 nitrogen and oxygen atoms in total. The van der Waals surface area contributed by atoms with Gasteiger partial charge in [-0.15, -0.1) is 11.3 Å². The smallest absolute Gasteiger partial charge is 0.275 e. The Balaban J connectivity index is 1.34. The molecule has 182 valence electrons. The van der Waals surface area contributed by atoms with E-state index in [1.165, 1.54) is 11.3 Å². The average molecular weight is 500 g/mol. The lowest BCUT2D eigenvalue weighted by Gasteiger charge is -2.29. The van der Waals surface area contributed by atoms with Crippen LogP contribution in [0.3, 0.4) is 0 Å². The van der Waals surface area contributed by atoms with E-state index >= 15 is 0 Å². The minimum atomic E-state index is -2.35. The number of aromatic amines is 1. The Hall–Kier alpha value is -3.58. The van der Waals surface area contributed by atoms with E-state index in [0.29, 0.717) is 22.2 Å². The molecule has 3 N–H and O–H groups in total. The second-order valence-corrected chi connectivity index (χ2v) is 9.09. The van der Waals surface area contributed by atoms with Gasteiger partial charge in [-0.1, -0.05) is 0 Å². The molecule has 1 fully saturated rings. The van der Waals surface area contributed by atoms with Crippen molar-refractivity contribution in [1.82, 2.24) is 40.2 Å². The molecule has 4 aromatic heterocycles. The minimum Gasteiger partial charge on any atom is -0.317 e. The predicted molar refractivity (Wildman–Crippen MR) is 126 cm³/mol. The minimum absolute atomic E-state index is 0.0704. The van der Waals surface area contributed by atoms with Gasteiger partial charge in [0.2, 0.25) is 0 Å². The summed E-state index contributed by atoms with van der Waals surface area (Å²) < 4.78 is 26.8. The van der Waals surface area contributed by atoms with Gasteiger partial charge in [-0.2, -0.15) is 10.2 Å². The summed E-state index contributed by atoms with van der Waals surface area (Å²) in [6.45, 7) is -0.290. The van der Waals surface area contributed by atoms with Crippen molar-refractivity contribution in [2.24, 2.45) is 0 Å². The van der Waals surface area contributed by atoms with Crippen LogP contribution in [0.25, 0.3) is 22.1 Å². The van der Waals surface area contributed by atoms with Crippen LogP contribution in [0.1, 0.15) is 42.2 Å². The SMILES string of the molecule is O=C(Nc1cn(C2CCC(NCC(F)F)CC2)nc1-c1ncccn1)c1csc(-c2cn[nH]c2)n1. The Bertz CT molecular complexity index is 1250. The first-order valence-corrected chi connectivity index (χ1v) is 12.1. The third-order valence-electron chi connectivity index (χ3n) is 5.87. The molecular formula is C22H23F2N9OS. The van der Waals surface area contributed by atoms with E-state index < -0.39 is 6.43 Å². The molecule has 1 amide bonds. The molecule has 1 aliphatic carbocycles. The summed E-state index contributed by atoms with van der Waals surface area (Å²) in [6, 6.07) is 1.86. The predicted octanol–water partition coefficient (Wildman–Crippen LogP) is 3.78. The number of thiazole rings is 1. The zero-order valence-electron chi connectivity index (χ0n) is 18.6. The first-order valence-electron chi connectivity index (χ1n) is 11.2. The van der Waals surface area contributed by atoms with Crippen molar-refractivity contribution in [2.45, 2.75) is 44.2 Å². The number of carbonyl (C=O) groups is 1. The molecular weight excluding hydrogens is 476 g/mol. The summed E-state index contributed by atoms with van der Waals surface area (Å²) >= 11 is 1.35. The number of anilines is 1. The highest BCUT2D eigenvalue weighted by Gasteiger charge is 2.26. The summed E-state index contributed by atoms with van der Waals surface area (Å²) in [5.41, 5.74) is 2.03. The van der Waals surface area contributed by atoms with E-state index in [1.54, 1.807) is 42.4 Å². The van der Waals surface area contributed by atoms with Gasteiger partial charge < -0.3 is 10.6 Å². The summed E-state index contributed by atoms with van der Waals surface area (Å²) in [5.74, 6) is 0.0267. The van der Waals surface area contributed by atoms with E-state index in [4.69, 9.17) is 5.10 Å². The van der Waals surface area contributed by atoms with Crippen molar-refractivity contribution in [3.8, 4) is 22.1 Å². The van der Waals surface area contributed by atoms with Crippen LogP contribution in [0.2, 0.25) is 0 Å². The van der Waals surface area contributed by atoms with Crippen LogP contribution in [0, 0.1) is 0 Å². The van der Waals surface area contributed by atoms with E-state index in [-0.39, 0.29) is 30.2 Å². The second kappa shape index (κ2) is 10.4. The number of nitrogens with one attached hydrogen (secondary N) is 3. The Labute approximate surface area is 203 Å². The maximum absolute atomic E-state index is 13.0. The normalized spacial score (nSPS) is 18.1. The number of rotatable bonds is 8. The molecule has 13 heteroatoms. The van der Waals surface area contributed by atoms with E-state index in [9.17, 15) is 13.6 Å². The maximum atomic E-state index is 13.0. The topological polar surface area (TPSA) is 126 Å². The Kier molecular flexibility index (Phi) is 6.86. The Morgan fingerprint density at radius 1 is 1.23 bits per heavy atom. The monoisotopic (exact) mass is 499 g/mol. The third-order valence-corrected chi connectivity index (χ3v) is 6.76. The molecule has 0 saturated heterocycles. The van der Waals surface area contributed by atoms with Crippen molar-refractivity contribution in [3.63, 3.8) is 0 Å². The van der Waals surface area contributed by atoms with Crippen LogP contribution in [0.15, 0.2) is 42.4 Å². The number of hydrogen-bond donors (Lipinski definition) is 3. The lowest BCUT2D eigenvalue weighted by atomic mass is 9.91. The van der Waals surface area contributed by atoms with Gasteiger partial charge in [0.15, 0.2) is 11.5 Å². The highest BCUT2D eigenvalue weighted by molar-refractivity contribution is 7.13. The number of carbonyl (C=O) groups excluding carboxylic acids is 1. The van der Waals surface area contributed by atoms with Crippen molar-refractivity contribution in [3.05, 3.63) is 48.1 Å². The summed E-state index contributed by atoms with van der Waals surface area (Å²) in [6.07, 6.45) is 9.13. The molecule has 35 heavy (non-hydrogen) atoms. The first kappa shape index (κ1) is 23.2. The zero-order valence-corrected chi connectivity index (χ0v) is 19.4. The number of halogens is 2. The van der Waals surface area contributed by atoms with E-state index in [0.717, 1.165) is 31.2 Å². The molecule has 1 saturated carbocycles. The van der Waals surface area contributed by atoms with Crippen LogP contribution in [-0.2, 0) is 0 Å². The fraction of sp³-hybridized carbons (Fsp3) is 0.364. The van der Waals surface area contributed by atoms with Crippen LogP contribution in [-0.4, -0.2) is 59.8 Å². The van der Waals surface area contributed by atoms with Gasteiger partial charge >= 0.3 is 0 Å². The van der Waals surface area contributed by atoms with Crippen molar-refractivity contribution in [1.29, 1.82) is 0 Å². The Morgan fingerprint density at radius 2 is 2.03 bits per heavy atom. The lowest BCUT2D eigenvalue weighted by molar-refractivity contribution is 0.102. The van der Waals surface area contributed by atoms with Crippen molar-refractivity contribution >= 4 is 22.9 Å². The largest absolute Gasteiger partial charge is 0.317 e. The molecule has 0 aliphatic heterocycles. The van der Waals surface area contributed by atoms with Crippen LogP contribution >= 0.6 is 11.3 Å². The molecule has 0 atom stereocenters. The van der Waals surface area contributed by atoms with Crippen LogP contribution in [0.4, 0.5) is 14.5 Å². The summed E-state index contributed by atoms with van der Waals surface area (Å²) in [4.78, 5) is 26.0. The second-order valence-electron chi connectivity index (χ2n) is 8.23. The number of amides is 1.